The van der Waals surface area contributed by atoms with E-state index in [1.54, 1.807) is 0 Å². The molecular formula is C28H43N3O5. The van der Waals surface area contributed by atoms with Crippen molar-refractivity contribution in [2.24, 2.45) is 17.6 Å². The third-order valence-electron chi connectivity index (χ3n) is 7.02. The first kappa shape index (κ1) is 28.0. The summed E-state index contributed by atoms with van der Waals surface area (Å²) in [5.41, 5.74) is 6.74. The second kappa shape index (κ2) is 13.1. The van der Waals surface area contributed by atoms with E-state index < -0.39 is 23.7 Å². The summed E-state index contributed by atoms with van der Waals surface area (Å²) in [6.45, 7) is 6.44. The van der Waals surface area contributed by atoms with E-state index in [0.717, 1.165) is 37.0 Å². The number of ketones is 1. The Kier molecular flexibility index (Phi) is 10.2. The zero-order chi connectivity index (χ0) is 26.1. The lowest BCUT2D eigenvalue weighted by Crippen LogP contribution is -2.41. The average molecular weight is 502 g/mol. The Balaban J connectivity index is 1.57. The van der Waals surface area contributed by atoms with E-state index in [9.17, 15) is 14.4 Å². The van der Waals surface area contributed by atoms with Crippen LogP contribution in [0.5, 0.6) is 5.75 Å². The number of unbranched alkanes of at least 4 members (excludes halogenated alkanes) is 1. The number of nitrogens with two attached hydrogens (primary N) is 1. The number of Topliss-reactive ketones (excluding diaryl/α,β-unsaturated/α-hetero) is 1. The number of fused-ring (bicyclic) bond motifs is 1. The van der Waals surface area contributed by atoms with E-state index in [4.69, 9.17) is 15.2 Å². The second-order valence-electron chi connectivity index (χ2n) is 11.1. The summed E-state index contributed by atoms with van der Waals surface area (Å²) in [7, 11) is 0. The maximum absolute atomic E-state index is 13.4. The van der Waals surface area contributed by atoms with Crippen molar-refractivity contribution >= 4 is 17.8 Å². The third-order valence-corrected chi connectivity index (χ3v) is 7.02. The predicted molar refractivity (Wildman–Crippen MR) is 139 cm³/mol. The third kappa shape index (κ3) is 8.50. The molecule has 2 aliphatic rings. The standard InChI is InChI=1S/C28H43N3O5/c1-28(2,3)36-27(34)30-16-9-8-12-20(18-23(32)25(29)19-10-4-5-11-19)26(33)31-22-15-17-35-24-14-7-6-13-21(22)24/h6-7,13-14,19-20,22,25H,4-5,8-12,15-18,29H2,1-3H3,(H,30,34)(H,31,33)/t20-,22?,25+/m1/s1. The van der Waals surface area contributed by atoms with Crippen LogP contribution < -0.4 is 21.1 Å². The Morgan fingerprint density at radius 2 is 1.83 bits per heavy atom. The van der Waals surface area contributed by atoms with E-state index in [2.05, 4.69) is 10.6 Å². The van der Waals surface area contributed by atoms with Gasteiger partial charge in [0.2, 0.25) is 5.91 Å². The van der Waals surface area contributed by atoms with Crippen molar-refractivity contribution < 1.29 is 23.9 Å². The monoisotopic (exact) mass is 501 g/mol. The van der Waals surface area contributed by atoms with Crippen LogP contribution in [0.15, 0.2) is 24.3 Å². The quantitative estimate of drug-likeness (QED) is 0.386. The van der Waals surface area contributed by atoms with Crippen LogP contribution in [-0.4, -0.2) is 42.6 Å². The smallest absolute Gasteiger partial charge is 0.407 e. The molecule has 1 heterocycles. The summed E-state index contributed by atoms with van der Waals surface area (Å²) < 4.78 is 11.0. The molecule has 1 aromatic carbocycles. The SMILES string of the molecule is CC(C)(C)OC(=O)NCCCC[C@H](CC(=O)[C@@H](N)C1CCCC1)C(=O)NC1CCOc2ccccc21. The zero-order valence-corrected chi connectivity index (χ0v) is 22.0. The number of hydrogen-bond acceptors (Lipinski definition) is 6. The Labute approximate surface area is 215 Å². The van der Waals surface area contributed by atoms with Crippen LogP contribution in [0.25, 0.3) is 0 Å². The second-order valence-corrected chi connectivity index (χ2v) is 11.1. The highest BCUT2D eigenvalue weighted by molar-refractivity contribution is 5.90. The van der Waals surface area contributed by atoms with Gasteiger partial charge in [-0.3, -0.25) is 9.59 Å². The van der Waals surface area contributed by atoms with Gasteiger partial charge in [-0.15, -0.1) is 0 Å². The number of amides is 2. The molecule has 1 unspecified atom stereocenters. The van der Waals surface area contributed by atoms with E-state index >= 15 is 0 Å². The van der Waals surface area contributed by atoms with Gasteiger partial charge >= 0.3 is 6.09 Å². The molecule has 1 saturated carbocycles. The molecule has 8 heteroatoms. The van der Waals surface area contributed by atoms with Crippen molar-refractivity contribution in [3.05, 3.63) is 29.8 Å². The highest BCUT2D eigenvalue weighted by Crippen LogP contribution is 2.32. The summed E-state index contributed by atoms with van der Waals surface area (Å²) in [6, 6.07) is 7.09. The lowest BCUT2D eigenvalue weighted by atomic mass is 9.87. The highest BCUT2D eigenvalue weighted by Gasteiger charge is 2.32. The van der Waals surface area contributed by atoms with Gasteiger partial charge in [-0.05, 0) is 58.4 Å². The fourth-order valence-electron chi connectivity index (χ4n) is 5.09. The van der Waals surface area contributed by atoms with Gasteiger partial charge in [-0.1, -0.05) is 37.5 Å². The van der Waals surface area contributed by atoms with Gasteiger partial charge in [0.15, 0.2) is 5.78 Å². The molecular weight excluding hydrogens is 458 g/mol. The van der Waals surface area contributed by atoms with Crippen LogP contribution in [0.1, 0.15) is 90.2 Å². The number of ether oxygens (including phenoxy) is 2. The minimum absolute atomic E-state index is 0.0266. The molecule has 0 aromatic heterocycles. The Morgan fingerprint density at radius 3 is 2.56 bits per heavy atom. The number of rotatable bonds is 11. The molecule has 200 valence electrons. The van der Waals surface area contributed by atoms with Gasteiger partial charge in [0.25, 0.3) is 0 Å². The molecule has 36 heavy (non-hydrogen) atoms. The topological polar surface area (TPSA) is 120 Å². The van der Waals surface area contributed by atoms with E-state index in [1.165, 1.54) is 0 Å². The van der Waals surface area contributed by atoms with E-state index in [-0.39, 0.29) is 30.1 Å². The predicted octanol–water partition coefficient (Wildman–Crippen LogP) is 4.41. The first-order chi connectivity index (χ1) is 17.1. The molecule has 3 rings (SSSR count). The summed E-state index contributed by atoms with van der Waals surface area (Å²) in [4.78, 5) is 38.3. The lowest BCUT2D eigenvalue weighted by Gasteiger charge is -2.28. The molecule has 2 amide bonds. The maximum atomic E-state index is 13.4. The molecule has 3 atom stereocenters. The normalized spacial score (nSPS) is 19.5. The van der Waals surface area contributed by atoms with Crippen molar-refractivity contribution in [3.8, 4) is 5.75 Å². The first-order valence-corrected chi connectivity index (χ1v) is 13.4. The number of para-hydroxylation sites is 1. The Morgan fingerprint density at radius 1 is 1.11 bits per heavy atom. The average Bonchev–Trinajstić information content (AvgIpc) is 3.36. The van der Waals surface area contributed by atoms with Crippen LogP contribution in [0, 0.1) is 11.8 Å². The zero-order valence-electron chi connectivity index (χ0n) is 22.0. The Hall–Kier alpha value is -2.61. The van der Waals surface area contributed by atoms with Crippen molar-refractivity contribution in [1.82, 2.24) is 10.6 Å². The lowest BCUT2D eigenvalue weighted by molar-refractivity contribution is -0.131. The van der Waals surface area contributed by atoms with Crippen molar-refractivity contribution in [3.63, 3.8) is 0 Å². The minimum atomic E-state index is -0.547. The molecule has 1 aromatic rings. The number of nitrogens with one attached hydrogen (secondary N) is 2. The van der Waals surface area contributed by atoms with Crippen molar-refractivity contribution in [1.29, 1.82) is 0 Å². The highest BCUT2D eigenvalue weighted by atomic mass is 16.6. The molecule has 0 bridgehead atoms. The number of benzene rings is 1. The van der Waals surface area contributed by atoms with Gasteiger partial charge in [-0.2, -0.15) is 0 Å². The van der Waals surface area contributed by atoms with Gasteiger partial charge < -0.3 is 25.8 Å². The van der Waals surface area contributed by atoms with E-state index in [0.29, 0.717) is 38.8 Å². The molecule has 1 aliphatic heterocycles. The summed E-state index contributed by atoms with van der Waals surface area (Å²) in [6.07, 6.45) is 6.52. The van der Waals surface area contributed by atoms with Crippen LogP contribution >= 0.6 is 0 Å². The summed E-state index contributed by atoms with van der Waals surface area (Å²) in [5, 5.41) is 5.92. The van der Waals surface area contributed by atoms with Crippen LogP contribution in [-0.2, 0) is 14.3 Å². The van der Waals surface area contributed by atoms with Crippen molar-refractivity contribution in [2.75, 3.05) is 13.2 Å². The number of alkyl carbamates (subject to hydrolysis) is 1. The van der Waals surface area contributed by atoms with Crippen LogP contribution in [0.4, 0.5) is 4.79 Å². The van der Waals surface area contributed by atoms with Gasteiger partial charge in [-0.25, -0.2) is 4.79 Å². The number of carbonyl (C=O) groups excluding carboxylic acids is 3. The molecule has 8 nitrogen and oxygen atoms in total. The Bertz CT molecular complexity index is 891. The summed E-state index contributed by atoms with van der Waals surface area (Å²) >= 11 is 0. The van der Waals surface area contributed by atoms with Crippen molar-refractivity contribution in [2.45, 2.75) is 96.2 Å². The fourth-order valence-corrected chi connectivity index (χ4v) is 5.09. The molecule has 0 radical (unpaired) electrons. The van der Waals surface area contributed by atoms with Crippen LogP contribution in [0.2, 0.25) is 0 Å². The summed E-state index contributed by atoms with van der Waals surface area (Å²) in [5.74, 6) is 0.409. The maximum Gasteiger partial charge on any atom is 0.407 e. The molecule has 0 spiro atoms. The molecule has 0 saturated heterocycles. The molecule has 4 N–H and O–H groups in total. The molecule has 1 aliphatic carbocycles. The van der Waals surface area contributed by atoms with Gasteiger partial charge in [0, 0.05) is 30.9 Å². The largest absolute Gasteiger partial charge is 0.493 e. The van der Waals surface area contributed by atoms with Gasteiger partial charge in [0.05, 0.1) is 18.7 Å². The number of hydrogen-bond donors (Lipinski definition) is 3. The molecule has 1 fully saturated rings. The van der Waals surface area contributed by atoms with E-state index in [1.807, 2.05) is 45.0 Å². The first-order valence-electron chi connectivity index (χ1n) is 13.4. The number of carbonyl (C=O) groups is 3. The fraction of sp³-hybridized carbons (Fsp3) is 0.679. The van der Waals surface area contributed by atoms with Crippen LogP contribution in [0.3, 0.4) is 0 Å². The minimum Gasteiger partial charge on any atom is -0.493 e. The van der Waals surface area contributed by atoms with Gasteiger partial charge in [0.1, 0.15) is 11.4 Å².